The maximum absolute atomic E-state index is 11.3. The van der Waals surface area contributed by atoms with Gasteiger partial charge in [-0.05, 0) is 73.8 Å². The van der Waals surface area contributed by atoms with Crippen molar-refractivity contribution in [1.29, 1.82) is 0 Å². The number of hydrogen-bond acceptors (Lipinski definition) is 3. The average molecular weight is 458 g/mol. The Kier molecular flexibility index (Phi) is 8.76. The van der Waals surface area contributed by atoms with E-state index in [4.69, 9.17) is 4.74 Å². The molecule has 0 saturated heterocycles. The minimum absolute atomic E-state index is 0.113. The molecule has 1 N–H and O–H groups in total. The van der Waals surface area contributed by atoms with E-state index in [1.54, 1.807) is 0 Å². The molecule has 3 nitrogen and oxygen atoms in total. The van der Waals surface area contributed by atoms with Crippen LogP contribution in [0, 0.1) is 23.7 Å². The molecule has 3 heteroatoms. The largest absolute Gasteiger partial charge is 0.469 e. The highest BCUT2D eigenvalue weighted by atomic mass is 16.5. The second-order valence-electron chi connectivity index (χ2n) is 10.0. The van der Waals surface area contributed by atoms with Gasteiger partial charge in [0.25, 0.3) is 0 Å². The first-order valence-corrected chi connectivity index (χ1v) is 12.9. The number of fused-ring (bicyclic) bond motifs is 2. The normalized spacial score (nSPS) is 24.2. The van der Waals surface area contributed by atoms with Crippen LogP contribution in [-0.2, 0) is 9.53 Å². The van der Waals surface area contributed by atoms with Crippen LogP contribution in [0.2, 0.25) is 0 Å². The summed E-state index contributed by atoms with van der Waals surface area (Å²) in [6.07, 6.45) is 15.5. The second-order valence-corrected chi connectivity index (χ2v) is 10.0. The first-order valence-electron chi connectivity index (χ1n) is 12.9. The Morgan fingerprint density at radius 2 is 1.59 bits per heavy atom. The smallest absolute Gasteiger partial charge is 0.305 e. The highest BCUT2D eigenvalue weighted by Crippen LogP contribution is 2.51. The van der Waals surface area contributed by atoms with E-state index in [2.05, 4.69) is 97.2 Å². The van der Waals surface area contributed by atoms with Gasteiger partial charge in [0.05, 0.1) is 13.2 Å². The number of rotatable bonds is 12. The zero-order valence-corrected chi connectivity index (χ0v) is 20.6. The lowest BCUT2D eigenvalue weighted by molar-refractivity contribution is -0.140. The van der Waals surface area contributed by atoms with Gasteiger partial charge >= 0.3 is 5.97 Å². The van der Waals surface area contributed by atoms with E-state index >= 15 is 0 Å². The van der Waals surface area contributed by atoms with Crippen LogP contribution in [0.1, 0.15) is 62.6 Å². The summed E-state index contributed by atoms with van der Waals surface area (Å²) in [4.78, 5) is 11.3. The summed E-state index contributed by atoms with van der Waals surface area (Å²) in [6.45, 7) is 2.36. The van der Waals surface area contributed by atoms with Crippen LogP contribution in [0.15, 0.2) is 85.0 Å². The van der Waals surface area contributed by atoms with Gasteiger partial charge in [0, 0.05) is 12.5 Å². The van der Waals surface area contributed by atoms with Gasteiger partial charge in [-0.1, -0.05) is 85.0 Å². The number of ether oxygens (including phenoxy) is 1. The molecule has 34 heavy (non-hydrogen) atoms. The lowest BCUT2D eigenvalue weighted by atomic mass is 9.77. The Morgan fingerprint density at radius 3 is 2.21 bits per heavy atom. The van der Waals surface area contributed by atoms with Crippen molar-refractivity contribution >= 4 is 5.97 Å². The third-order valence-corrected chi connectivity index (χ3v) is 7.70. The number of unbranched alkanes of at least 4 members (excludes halogenated alkanes) is 1. The molecule has 0 radical (unpaired) electrons. The van der Waals surface area contributed by atoms with Gasteiger partial charge in [-0.3, -0.25) is 4.79 Å². The molecule has 0 spiro atoms. The number of allylic oxidation sites excluding steroid dienone is 4. The first kappa shape index (κ1) is 24.5. The summed E-state index contributed by atoms with van der Waals surface area (Å²) < 4.78 is 4.73. The molecule has 1 fully saturated rings. The molecule has 5 atom stereocenters. The maximum Gasteiger partial charge on any atom is 0.305 e. The van der Waals surface area contributed by atoms with Gasteiger partial charge in [-0.2, -0.15) is 0 Å². The molecule has 1 saturated carbocycles. The fourth-order valence-electron chi connectivity index (χ4n) is 6.00. The summed E-state index contributed by atoms with van der Waals surface area (Å²) >= 11 is 0. The van der Waals surface area contributed by atoms with Crippen molar-refractivity contribution in [3.05, 3.63) is 96.1 Å². The fraction of sp³-hybridized carbons (Fsp3) is 0.452. The van der Waals surface area contributed by atoms with Gasteiger partial charge in [-0.15, -0.1) is 0 Å². The minimum Gasteiger partial charge on any atom is -0.469 e. The van der Waals surface area contributed by atoms with Gasteiger partial charge < -0.3 is 10.1 Å². The maximum atomic E-state index is 11.3. The number of nitrogens with one attached hydrogen (secondary N) is 1. The summed E-state index contributed by atoms with van der Waals surface area (Å²) in [5, 5.41) is 3.97. The SMILES string of the molecule is COC(=O)CCCC=CCC1C2C=CC(C2)C1CC(C)NC(c1ccccc1)c1ccccc1. The van der Waals surface area contributed by atoms with Crippen LogP contribution in [0.5, 0.6) is 0 Å². The zero-order valence-electron chi connectivity index (χ0n) is 20.6. The van der Waals surface area contributed by atoms with E-state index in [9.17, 15) is 4.79 Å². The van der Waals surface area contributed by atoms with E-state index in [1.807, 2.05) is 0 Å². The number of benzene rings is 2. The lowest BCUT2D eigenvalue weighted by Crippen LogP contribution is -2.35. The number of hydrogen-bond donors (Lipinski definition) is 1. The molecular weight excluding hydrogens is 418 g/mol. The molecular formula is C31H39NO2. The van der Waals surface area contributed by atoms with Crippen molar-refractivity contribution in [1.82, 2.24) is 5.32 Å². The van der Waals surface area contributed by atoms with Crippen molar-refractivity contribution in [3.8, 4) is 0 Å². The van der Waals surface area contributed by atoms with E-state index in [0.717, 1.165) is 42.9 Å². The fourth-order valence-corrected chi connectivity index (χ4v) is 6.00. The van der Waals surface area contributed by atoms with Crippen LogP contribution in [0.3, 0.4) is 0 Å². The van der Waals surface area contributed by atoms with Crippen molar-refractivity contribution < 1.29 is 9.53 Å². The van der Waals surface area contributed by atoms with Crippen molar-refractivity contribution in [3.63, 3.8) is 0 Å². The Bertz CT molecular complexity index is 912. The molecule has 180 valence electrons. The number of esters is 1. The zero-order chi connectivity index (χ0) is 23.8. The highest BCUT2D eigenvalue weighted by molar-refractivity contribution is 5.69. The van der Waals surface area contributed by atoms with E-state index in [0.29, 0.717) is 12.5 Å². The van der Waals surface area contributed by atoms with Crippen molar-refractivity contribution in [2.24, 2.45) is 23.7 Å². The summed E-state index contributed by atoms with van der Waals surface area (Å²) in [5.41, 5.74) is 2.64. The number of methoxy groups -OCH3 is 1. The Balaban J connectivity index is 1.36. The third-order valence-electron chi connectivity index (χ3n) is 7.70. The summed E-state index contributed by atoms with van der Waals surface area (Å²) in [6, 6.07) is 22.2. The second kappa shape index (κ2) is 12.2. The molecule has 4 rings (SSSR count). The average Bonchev–Trinajstić information content (AvgIpc) is 3.48. The van der Waals surface area contributed by atoms with Gasteiger partial charge in [0.15, 0.2) is 0 Å². The Morgan fingerprint density at radius 1 is 0.971 bits per heavy atom. The molecule has 2 bridgehead atoms. The quantitative estimate of drug-likeness (QED) is 0.215. The number of carbonyl (C=O) groups excluding carboxylic acids is 1. The van der Waals surface area contributed by atoms with Crippen LogP contribution >= 0.6 is 0 Å². The summed E-state index contributed by atoms with van der Waals surface area (Å²) in [7, 11) is 1.46. The first-order chi connectivity index (χ1) is 16.7. The number of carbonyl (C=O) groups is 1. The predicted molar refractivity (Wildman–Crippen MR) is 139 cm³/mol. The van der Waals surface area contributed by atoms with Gasteiger partial charge in [0.2, 0.25) is 0 Å². The van der Waals surface area contributed by atoms with E-state index in [1.165, 1.54) is 31.1 Å². The monoisotopic (exact) mass is 457 g/mol. The molecule has 5 unspecified atom stereocenters. The van der Waals surface area contributed by atoms with Crippen molar-refractivity contribution in [2.45, 2.75) is 57.5 Å². The molecule has 2 aliphatic carbocycles. The standard InChI is InChI=1S/C31H39NO2/c1-23(32-31(24-13-7-5-8-14-24)25-15-9-6-10-16-25)21-29-27-20-19-26(22-27)28(29)17-11-3-4-12-18-30(33)34-2/h3,5-11,13-16,19-20,23,26-29,31-32H,4,12,17-18,21-22H2,1-2H3. The minimum atomic E-state index is -0.113. The van der Waals surface area contributed by atoms with Gasteiger partial charge in [-0.25, -0.2) is 0 Å². The molecule has 2 aromatic carbocycles. The molecule has 0 amide bonds. The van der Waals surface area contributed by atoms with Crippen LogP contribution in [-0.4, -0.2) is 19.1 Å². The topological polar surface area (TPSA) is 38.3 Å². The molecule has 2 aliphatic rings. The molecule has 0 heterocycles. The van der Waals surface area contributed by atoms with Crippen LogP contribution in [0.25, 0.3) is 0 Å². The Hall–Kier alpha value is -2.65. The van der Waals surface area contributed by atoms with Crippen LogP contribution in [0.4, 0.5) is 0 Å². The molecule has 2 aromatic rings. The molecule has 0 aliphatic heterocycles. The summed E-state index contributed by atoms with van der Waals surface area (Å²) in [5.74, 6) is 2.78. The van der Waals surface area contributed by atoms with Crippen molar-refractivity contribution in [2.75, 3.05) is 7.11 Å². The molecule has 0 aromatic heterocycles. The lowest BCUT2D eigenvalue weighted by Gasteiger charge is -2.32. The van der Waals surface area contributed by atoms with Gasteiger partial charge in [0.1, 0.15) is 0 Å². The van der Waals surface area contributed by atoms with Crippen LogP contribution < -0.4 is 5.32 Å². The van der Waals surface area contributed by atoms with E-state index < -0.39 is 0 Å². The predicted octanol–water partition coefficient (Wildman–Crippen LogP) is 6.87. The third kappa shape index (κ3) is 6.27. The Labute approximate surface area is 205 Å². The van der Waals surface area contributed by atoms with E-state index in [-0.39, 0.29) is 12.0 Å². The highest BCUT2D eigenvalue weighted by Gasteiger charge is 2.43.